The maximum Gasteiger partial charge on any atom is 0.451 e. The summed E-state index contributed by atoms with van der Waals surface area (Å²) in [5, 5.41) is 26.9. The van der Waals surface area contributed by atoms with Crippen molar-refractivity contribution in [3.05, 3.63) is 0 Å². The third kappa shape index (κ3) is 5.91. The average molecular weight is 354 g/mol. The van der Waals surface area contributed by atoms with Crippen LogP contribution >= 0.6 is 0 Å². The van der Waals surface area contributed by atoms with Crippen molar-refractivity contribution >= 4 is 13.1 Å². The van der Waals surface area contributed by atoms with E-state index in [9.17, 15) is 23.1 Å². The highest BCUT2D eigenvalue weighted by atomic mass is 19.3. The zero-order valence-electron chi connectivity index (χ0n) is 13.6. The van der Waals surface area contributed by atoms with Gasteiger partial charge in [0.1, 0.15) is 5.54 Å². The first-order valence-electron chi connectivity index (χ1n) is 8.18. The van der Waals surface area contributed by atoms with E-state index in [4.69, 9.17) is 15.8 Å². The van der Waals surface area contributed by atoms with Gasteiger partial charge in [0.25, 0.3) is 5.92 Å². The zero-order valence-corrected chi connectivity index (χ0v) is 13.6. The fraction of sp³-hybridized carbons (Fsp3) is 0.929. The Morgan fingerprint density at radius 3 is 2.50 bits per heavy atom. The molecule has 5 N–H and O–H groups in total. The zero-order chi connectivity index (χ0) is 18.4. The van der Waals surface area contributed by atoms with Crippen molar-refractivity contribution in [2.75, 3.05) is 19.8 Å². The number of nitrogens with two attached hydrogens (primary N) is 1. The molecule has 1 aliphatic rings. The largest absolute Gasteiger partial charge is 0.480 e. The van der Waals surface area contributed by atoms with Crippen LogP contribution in [0.1, 0.15) is 38.5 Å². The second-order valence-corrected chi connectivity index (χ2v) is 6.53. The van der Waals surface area contributed by atoms with Crippen LogP contribution in [0.4, 0.5) is 13.2 Å². The van der Waals surface area contributed by atoms with E-state index >= 15 is 0 Å². The highest BCUT2D eigenvalue weighted by Crippen LogP contribution is 2.32. The van der Waals surface area contributed by atoms with Crippen LogP contribution in [0.25, 0.3) is 0 Å². The number of alkyl halides is 3. The summed E-state index contributed by atoms with van der Waals surface area (Å²) in [4.78, 5) is 12.9. The molecule has 1 heterocycles. The molecule has 2 unspecified atom stereocenters. The molecule has 140 valence electrons. The fourth-order valence-electron chi connectivity index (χ4n) is 3.11. The lowest BCUT2D eigenvalue weighted by Crippen LogP contribution is -2.52. The molecule has 0 saturated carbocycles. The van der Waals surface area contributed by atoms with Crippen LogP contribution < -0.4 is 5.73 Å². The van der Waals surface area contributed by atoms with Crippen molar-refractivity contribution in [2.45, 2.75) is 62.3 Å². The molecular weight excluding hydrogens is 328 g/mol. The van der Waals surface area contributed by atoms with Crippen molar-refractivity contribution in [2.24, 2.45) is 5.73 Å². The quantitative estimate of drug-likeness (QED) is 0.324. The van der Waals surface area contributed by atoms with Gasteiger partial charge in [0.2, 0.25) is 0 Å². The van der Waals surface area contributed by atoms with Gasteiger partial charge in [-0.2, -0.15) is 0 Å². The van der Waals surface area contributed by atoms with Gasteiger partial charge in [-0.1, -0.05) is 12.8 Å². The molecule has 6 nitrogen and oxygen atoms in total. The number of carboxylic acid groups (broad SMARTS) is 1. The molecular formula is C14H26BF3N2O4. The van der Waals surface area contributed by atoms with Gasteiger partial charge < -0.3 is 20.9 Å². The van der Waals surface area contributed by atoms with Gasteiger partial charge in [-0.15, -0.1) is 0 Å². The number of hydrogen-bond donors (Lipinski definition) is 4. The van der Waals surface area contributed by atoms with Crippen LogP contribution in [0.5, 0.6) is 0 Å². The summed E-state index contributed by atoms with van der Waals surface area (Å²) in [6.45, 7) is -1.30. The molecule has 1 saturated heterocycles. The van der Waals surface area contributed by atoms with Crippen LogP contribution in [0.15, 0.2) is 0 Å². The van der Waals surface area contributed by atoms with Crippen molar-refractivity contribution in [3.8, 4) is 0 Å². The number of halogens is 3. The van der Waals surface area contributed by atoms with Crippen LogP contribution in [0.2, 0.25) is 6.32 Å². The minimum Gasteiger partial charge on any atom is -0.480 e. The van der Waals surface area contributed by atoms with E-state index in [1.807, 2.05) is 0 Å². The number of nitrogens with zero attached hydrogens (tertiary/aromatic N) is 1. The summed E-state index contributed by atoms with van der Waals surface area (Å²) < 4.78 is 39.7. The second kappa shape index (κ2) is 9.03. The number of rotatable bonds is 11. The molecule has 1 aliphatic heterocycles. The molecule has 1 fully saturated rings. The molecule has 0 aromatic carbocycles. The third-order valence-corrected chi connectivity index (χ3v) is 4.64. The van der Waals surface area contributed by atoms with E-state index in [1.165, 1.54) is 4.90 Å². The van der Waals surface area contributed by atoms with Crippen LogP contribution in [-0.4, -0.2) is 70.4 Å². The van der Waals surface area contributed by atoms with E-state index in [-0.39, 0.29) is 32.1 Å². The Hall–Kier alpha value is -0.835. The lowest BCUT2D eigenvalue weighted by molar-refractivity contribution is -0.144. The maximum atomic E-state index is 13.6. The lowest BCUT2D eigenvalue weighted by Gasteiger charge is -2.33. The van der Waals surface area contributed by atoms with Gasteiger partial charge in [0.05, 0.1) is 6.04 Å². The molecule has 0 aliphatic carbocycles. The SMILES string of the molecule is NC(CCCCB(O)O)(CCN1CCCC1C(F)(F)CF)C(=O)O. The first-order valence-corrected chi connectivity index (χ1v) is 8.18. The molecule has 0 amide bonds. The van der Waals surface area contributed by atoms with Crippen molar-refractivity contribution in [1.29, 1.82) is 0 Å². The first-order chi connectivity index (χ1) is 11.1. The highest BCUT2D eigenvalue weighted by Gasteiger charge is 2.46. The fourth-order valence-corrected chi connectivity index (χ4v) is 3.11. The van der Waals surface area contributed by atoms with Crippen LogP contribution in [0, 0.1) is 0 Å². The monoisotopic (exact) mass is 354 g/mol. The van der Waals surface area contributed by atoms with E-state index in [2.05, 4.69) is 0 Å². The van der Waals surface area contributed by atoms with Crippen molar-refractivity contribution in [3.63, 3.8) is 0 Å². The number of unbranched alkanes of at least 4 members (excludes halogenated alkanes) is 1. The Balaban J connectivity index is 2.57. The number of carbonyl (C=O) groups is 1. The summed E-state index contributed by atoms with van der Waals surface area (Å²) in [5.41, 5.74) is 4.34. The Morgan fingerprint density at radius 2 is 1.96 bits per heavy atom. The minimum atomic E-state index is -3.44. The summed E-state index contributed by atoms with van der Waals surface area (Å²) >= 11 is 0. The molecule has 1 rings (SSSR count). The first kappa shape index (κ1) is 21.2. The normalized spacial score (nSPS) is 21.7. The Kier molecular flexibility index (Phi) is 7.98. The summed E-state index contributed by atoms with van der Waals surface area (Å²) in [6, 6.07) is -1.22. The third-order valence-electron chi connectivity index (χ3n) is 4.64. The van der Waals surface area contributed by atoms with E-state index in [1.54, 1.807) is 0 Å². The molecule has 0 aromatic rings. The molecule has 0 aromatic heterocycles. The number of likely N-dealkylation sites (tertiary alicyclic amines) is 1. The Morgan fingerprint density at radius 1 is 1.29 bits per heavy atom. The van der Waals surface area contributed by atoms with E-state index in [0.29, 0.717) is 25.8 Å². The topological polar surface area (TPSA) is 107 Å². The van der Waals surface area contributed by atoms with Gasteiger partial charge in [-0.25, -0.2) is 13.2 Å². The van der Waals surface area contributed by atoms with Gasteiger partial charge in [-0.05, 0) is 38.5 Å². The van der Waals surface area contributed by atoms with Crippen molar-refractivity contribution in [1.82, 2.24) is 4.90 Å². The molecule has 0 radical (unpaired) electrons. The molecule has 0 bridgehead atoms. The smallest absolute Gasteiger partial charge is 0.451 e. The lowest BCUT2D eigenvalue weighted by atomic mass is 9.81. The molecule has 0 spiro atoms. The van der Waals surface area contributed by atoms with Gasteiger partial charge >= 0.3 is 13.1 Å². The highest BCUT2D eigenvalue weighted by molar-refractivity contribution is 6.40. The van der Waals surface area contributed by atoms with E-state index in [0.717, 1.165) is 0 Å². The average Bonchev–Trinajstić information content (AvgIpc) is 2.98. The molecule has 10 heteroatoms. The molecule has 2 atom stereocenters. The van der Waals surface area contributed by atoms with Crippen LogP contribution in [-0.2, 0) is 4.79 Å². The Labute approximate surface area is 140 Å². The Bertz CT molecular complexity index is 417. The number of carboxylic acids is 1. The second-order valence-electron chi connectivity index (χ2n) is 6.53. The molecule has 24 heavy (non-hydrogen) atoms. The predicted molar refractivity (Wildman–Crippen MR) is 83.5 cm³/mol. The predicted octanol–water partition coefficient (Wildman–Crippen LogP) is 0.871. The summed E-state index contributed by atoms with van der Waals surface area (Å²) in [7, 11) is -1.45. The number of aliphatic carboxylic acids is 1. The number of hydrogen-bond acceptors (Lipinski definition) is 5. The van der Waals surface area contributed by atoms with Gasteiger partial charge in [-0.3, -0.25) is 9.69 Å². The van der Waals surface area contributed by atoms with E-state index < -0.39 is 37.3 Å². The maximum absolute atomic E-state index is 13.6. The van der Waals surface area contributed by atoms with Gasteiger partial charge in [0.15, 0.2) is 6.67 Å². The van der Waals surface area contributed by atoms with Crippen molar-refractivity contribution < 1.29 is 33.1 Å². The van der Waals surface area contributed by atoms with Crippen LogP contribution in [0.3, 0.4) is 0 Å². The standard InChI is InChI=1S/C14H26BF3N2O4/c16-10-14(17,18)11-4-3-8-20(11)9-6-13(19,12(21)22)5-1-2-7-15(23)24/h11,23-24H,1-10,19H2,(H,21,22). The van der Waals surface area contributed by atoms with Gasteiger partial charge in [0, 0.05) is 6.54 Å². The summed E-state index contributed by atoms with van der Waals surface area (Å²) in [5.74, 6) is -4.66. The minimum absolute atomic E-state index is 0.0249. The summed E-state index contributed by atoms with van der Waals surface area (Å²) in [6.07, 6.45) is 1.67.